The predicted molar refractivity (Wildman–Crippen MR) is 99.9 cm³/mol. The Labute approximate surface area is 152 Å². The van der Waals surface area contributed by atoms with Gasteiger partial charge in [-0.25, -0.2) is 0 Å². The summed E-state index contributed by atoms with van der Waals surface area (Å²) in [5.41, 5.74) is 1.52. The summed E-state index contributed by atoms with van der Waals surface area (Å²) in [7, 11) is -2.41. The van der Waals surface area contributed by atoms with Crippen LogP contribution in [0.1, 0.15) is 18.2 Å². The average Bonchev–Trinajstić information content (AvgIpc) is 2.96. The number of para-hydroxylation sites is 1. The number of nitrogens with zero attached hydrogens (tertiary/aromatic N) is 1. The summed E-state index contributed by atoms with van der Waals surface area (Å²) < 4.78 is 45.1. The first kappa shape index (κ1) is 18.0. The predicted octanol–water partition coefficient (Wildman–Crippen LogP) is 3.96. The Morgan fingerprint density at radius 2 is 1.92 bits per heavy atom. The third-order valence-corrected chi connectivity index (χ3v) is 5.15. The van der Waals surface area contributed by atoms with E-state index in [0.29, 0.717) is 29.4 Å². The van der Waals surface area contributed by atoms with E-state index in [1.54, 1.807) is 6.07 Å². The van der Waals surface area contributed by atoms with Gasteiger partial charge in [-0.15, -0.1) is 0 Å². The van der Waals surface area contributed by atoms with Gasteiger partial charge < -0.3 is 13.9 Å². The van der Waals surface area contributed by atoms with Crippen LogP contribution in [0.3, 0.4) is 0 Å². The zero-order valence-electron chi connectivity index (χ0n) is 14.7. The monoisotopic (exact) mass is 373 g/mol. The highest BCUT2D eigenvalue weighted by Crippen LogP contribution is 2.30. The lowest BCUT2D eigenvalue weighted by atomic mass is 10.1. The van der Waals surface area contributed by atoms with Crippen molar-refractivity contribution in [2.45, 2.75) is 18.7 Å². The highest BCUT2D eigenvalue weighted by Gasteiger charge is 2.17. The van der Waals surface area contributed by atoms with E-state index >= 15 is 0 Å². The molecule has 0 N–H and O–H groups in total. The van der Waals surface area contributed by atoms with Crippen molar-refractivity contribution in [1.82, 2.24) is 0 Å². The molecule has 0 fully saturated rings. The van der Waals surface area contributed by atoms with Gasteiger partial charge in [-0.3, -0.25) is 0 Å². The summed E-state index contributed by atoms with van der Waals surface area (Å²) >= 11 is 0. The van der Waals surface area contributed by atoms with Gasteiger partial charge in [0.1, 0.15) is 11.3 Å². The molecule has 6 nitrogen and oxygen atoms in total. The third-order valence-electron chi connectivity index (χ3n) is 3.92. The standard InChI is InChI=1S/C19H19NO5S/c1-4-24-18-11-14(9-10-17(18)23-3)26(21,22)20-12-19-13(2)15-7-5-6-8-16(15)25-19/h5-12H,4H2,1-3H3/b20-12+. The number of hydrogen-bond acceptors (Lipinski definition) is 5. The summed E-state index contributed by atoms with van der Waals surface area (Å²) in [5, 5.41) is 0.925. The molecule has 0 unspecified atom stereocenters. The van der Waals surface area contributed by atoms with Gasteiger partial charge >= 0.3 is 0 Å². The fourth-order valence-electron chi connectivity index (χ4n) is 2.58. The minimum Gasteiger partial charge on any atom is -0.493 e. The minimum absolute atomic E-state index is 0.0202. The highest BCUT2D eigenvalue weighted by atomic mass is 32.2. The van der Waals surface area contributed by atoms with Crippen LogP contribution in [0.4, 0.5) is 0 Å². The molecular weight excluding hydrogens is 354 g/mol. The molecule has 3 aromatic rings. The van der Waals surface area contributed by atoms with Gasteiger partial charge in [0.05, 0.1) is 24.8 Å². The zero-order chi connectivity index (χ0) is 18.7. The molecule has 0 radical (unpaired) electrons. The van der Waals surface area contributed by atoms with Crippen LogP contribution < -0.4 is 9.47 Å². The van der Waals surface area contributed by atoms with Crippen molar-refractivity contribution < 1.29 is 22.3 Å². The lowest BCUT2D eigenvalue weighted by molar-refractivity contribution is 0.310. The molecule has 1 aromatic heterocycles. The van der Waals surface area contributed by atoms with Gasteiger partial charge in [-0.1, -0.05) is 18.2 Å². The van der Waals surface area contributed by atoms with Crippen LogP contribution in [0.15, 0.2) is 56.2 Å². The summed E-state index contributed by atoms with van der Waals surface area (Å²) in [5.74, 6) is 1.22. The first-order valence-corrected chi connectivity index (χ1v) is 9.49. The van der Waals surface area contributed by atoms with E-state index < -0.39 is 10.0 Å². The number of sulfonamides is 1. The van der Waals surface area contributed by atoms with E-state index in [2.05, 4.69) is 4.40 Å². The van der Waals surface area contributed by atoms with Gasteiger partial charge in [0.2, 0.25) is 0 Å². The van der Waals surface area contributed by atoms with Crippen LogP contribution in [0.2, 0.25) is 0 Å². The highest BCUT2D eigenvalue weighted by molar-refractivity contribution is 7.90. The summed E-state index contributed by atoms with van der Waals surface area (Å²) in [6.45, 7) is 4.06. The number of furan rings is 1. The number of methoxy groups -OCH3 is 1. The Morgan fingerprint density at radius 1 is 1.15 bits per heavy atom. The lowest BCUT2D eigenvalue weighted by Crippen LogP contribution is -2.01. The van der Waals surface area contributed by atoms with Crippen molar-refractivity contribution in [2.24, 2.45) is 4.40 Å². The van der Waals surface area contributed by atoms with E-state index in [4.69, 9.17) is 13.9 Å². The van der Waals surface area contributed by atoms with Gasteiger partial charge in [0, 0.05) is 17.0 Å². The molecule has 0 aliphatic carbocycles. The molecule has 0 bridgehead atoms. The molecule has 0 aliphatic rings. The Hall–Kier alpha value is -2.80. The van der Waals surface area contributed by atoms with Crippen molar-refractivity contribution in [1.29, 1.82) is 0 Å². The quantitative estimate of drug-likeness (QED) is 0.611. The number of aryl methyl sites for hydroxylation is 1. The van der Waals surface area contributed by atoms with Crippen LogP contribution in [0.5, 0.6) is 11.5 Å². The second-order valence-electron chi connectivity index (χ2n) is 5.54. The molecule has 3 rings (SSSR count). The molecule has 0 atom stereocenters. The maximum atomic E-state index is 12.6. The largest absolute Gasteiger partial charge is 0.493 e. The molecule has 7 heteroatoms. The first-order valence-electron chi connectivity index (χ1n) is 8.05. The Morgan fingerprint density at radius 3 is 2.62 bits per heavy atom. The van der Waals surface area contributed by atoms with Crippen LogP contribution >= 0.6 is 0 Å². The molecule has 0 spiro atoms. The molecule has 136 valence electrons. The molecule has 0 aliphatic heterocycles. The zero-order valence-corrected chi connectivity index (χ0v) is 15.5. The topological polar surface area (TPSA) is 78.1 Å². The fraction of sp³-hybridized carbons (Fsp3) is 0.211. The molecule has 0 amide bonds. The number of benzene rings is 2. The van der Waals surface area contributed by atoms with Crippen molar-refractivity contribution in [3.8, 4) is 11.5 Å². The maximum Gasteiger partial charge on any atom is 0.282 e. The van der Waals surface area contributed by atoms with E-state index in [9.17, 15) is 8.42 Å². The summed E-state index contributed by atoms with van der Waals surface area (Å²) in [6, 6.07) is 11.9. The Bertz CT molecular complexity index is 1070. The van der Waals surface area contributed by atoms with E-state index in [0.717, 1.165) is 10.9 Å². The second kappa shape index (κ2) is 7.21. The van der Waals surface area contributed by atoms with Crippen molar-refractivity contribution in [3.05, 3.63) is 53.8 Å². The van der Waals surface area contributed by atoms with Crippen molar-refractivity contribution in [3.63, 3.8) is 0 Å². The second-order valence-corrected chi connectivity index (χ2v) is 7.18. The Balaban J connectivity index is 1.96. The molecule has 26 heavy (non-hydrogen) atoms. The average molecular weight is 373 g/mol. The molecule has 1 heterocycles. The number of fused-ring (bicyclic) bond motifs is 1. The summed E-state index contributed by atoms with van der Waals surface area (Å²) in [6.07, 6.45) is 1.23. The minimum atomic E-state index is -3.90. The SMILES string of the molecule is CCOc1cc(S(=O)(=O)/N=C/c2oc3ccccc3c2C)ccc1OC. The van der Waals surface area contributed by atoms with Crippen LogP contribution in [-0.2, 0) is 10.0 Å². The number of hydrogen-bond donors (Lipinski definition) is 0. The molecule has 0 saturated carbocycles. The van der Waals surface area contributed by atoms with E-state index in [1.807, 2.05) is 38.1 Å². The van der Waals surface area contributed by atoms with Crippen LogP contribution in [-0.4, -0.2) is 28.3 Å². The van der Waals surface area contributed by atoms with Gasteiger partial charge in [0.15, 0.2) is 11.5 Å². The first-order chi connectivity index (χ1) is 12.5. The van der Waals surface area contributed by atoms with Crippen LogP contribution in [0, 0.1) is 6.92 Å². The van der Waals surface area contributed by atoms with E-state index in [1.165, 1.54) is 25.5 Å². The molecular formula is C19H19NO5S. The molecule has 0 saturated heterocycles. The van der Waals surface area contributed by atoms with Gasteiger partial charge in [0.25, 0.3) is 10.0 Å². The van der Waals surface area contributed by atoms with Crippen LogP contribution in [0.25, 0.3) is 11.0 Å². The van der Waals surface area contributed by atoms with Crippen molar-refractivity contribution in [2.75, 3.05) is 13.7 Å². The lowest BCUT2D eigenvalue weighted by Gasteiger charge is -2.10. The van der Waals surface area contributed by atoms with Gasteiger partial charge in [-0.2, -0.15) is 12.8 Å². The van der Waals surface area contributed by atoms with Gasteiger partial charge in [-0.05, 0) is 32.0 Å². The number of ether oxygens (including phenoxy) is 2. The Kier molecular flexibility index (Phi) is 4.99. The smallest absolute Gasteiger partial charge is 0.282 e. The number of rotatable bonds is 6. The fourth-order valence-corrected chi connectivity index (χ4v) is 3.43. The molecule has 2 aromatic carbocycles. The third kappa shape index (κ3) is 3.43. The summed E-state index contributed by atoms with van der Waals surface area (Å²) in [4.78, 5) is 0.0202. The normalized spacial score (nSPS) is 12.0. The van der Waals surface area contributed by atoms with Crippen molar-refractivity contribution >= 4 is 27.2 Å². The maximum absolute atomic E-state index is 12.6. The van der Waals surface area contributed by atoms with E-state index in [-0.39, 0.29) is 4.90 Å².